The second kappa shape index (κ2) is 5.14. The van der Waals surface area contributed by atoms with Crippen LogP contribution in [0.25, 0.3) is 0 Å². The highest BCUT2D eigenvalue weighted by molar-refractivity contribution is 7.80. The van der Waals surface area contributed by atoms with Crippen LogP contribution in [0.4, 0.5) is 0 Å². The molecule has 1 aromatic heterocycles. The molecule has 0 bridgehead atoms. The molecule has 1 rings (SSSR count). The molecule has 0 aromatic carbocycles. The number of nitrogens with one attached hydrogen (secondary N) is 2. The van der Waals surface area contributed by atoms with E-state index in [2.05, 4.69) is 21.0 Å². The number of hydrogen-bond donors (Lipinski definition) is 2. The van der Waals surface area contributed by atoms with Crippen molar-refractivity contribution >= 4 is 28.7 Å². The van der Waals surface area contributed by atoms with E-state index < -0.39 is 0 Å². The molecule has 0 aliphatic heterocycles. The predicted octanol–water partition coefficient (Wildman–Crippen LogP) is 1.09. The van der Waals surface area contributed by atoms with Gasteiger partial charge in [-0.15, -0.1) is 11.3 Å². The third-order valence-corrected chi connectivity index (χ3v) is 2.73. The van der Waals surface area contributed by atoms with Gasteiger partial charge in [-0.2, -0.15) is 0 Å². The summed E-state index contributed by atoms with van der Waals surface area (Å²) in [5, 5.41) is 9.82. The number of thiocarbonyl (C=S) groups is 1. The van der Waals surface area contributed by atoms with E-state index in [1.807, 2.05) is 14.0 Å². The van der Waals surface area contributed by atoms with E-state index in [4.69, 9.17) is 12.2 Å². The molecular weight excluding hydrogens is 202 g/mol. The number of aryl methyl sites for hydroxylation is 1. The molecule has 1 heterocycles. The maximum Gasteiger partial charge on any atom is 0.166 e. The van der Waals surface area contributed by atoms with Crippen LogP contribution < -0.4 is 10.6 Å². The molecule has 3 nitrogen and oxygen atoms in total. The molecule has 13 heavy (non-hydrogen) atoms. The Balaban J connectivity index is 2.24. The number of nitrogens with zero attached hydrogens (tertiary/aromatic N) is 1. The van der Waals surface area contributed by atoms with Gasteiger partial charge in [0.05, 0.1) is 10.7 Å². The van der Waals surface area contributed by atoms with Crippen molar-refractivity contribution < 1.29 is 0 Å². The SMILES string of the molecule is CNC(=S)NCCc1csc(C)n1. The van der Waals surface area contributed by atoms with Crippen LogP contribution in [0.5, 0.6) is 0 Å². The minimum atomic E-state index is 0.687. The Bertz CT molecular complexity index is 283. The number of hydrogen-bond acceptors (Lipinski definition) is 3. The summed E-state index contributed by atoms with van der Waals surface area (Å²) in [5.41, 5.74) is 1.13. The summed E-state index contributed by atoms with van der Waals surface area (Å²) in [7, 11) is 1.81. The second-order valence-corrected chi connectivity index (χ2v) is 4.08. The van der Waals surface area contributed by atoms with Gasteiger partial charge in [0.25, 0.3) is 0 Å². The van der Waals surface area contributed by atoms with Crippen LogP contribution in [0.15, 0.2) is 5.38 Å². The zero-order chi connectivity index (χ0) is 9.68. The van der Waals surface area contributed by atoms with Crippen LogP contribution in [-0.2, 0) is 6.42 Å². The molecule has 0 amide bonds. The summed E-state index contributed by atoms with van der Waals surface area (Å²) in [6.45, 7) is 2.85. The standard InChI is InChI=1S/C8H13N3S2/c1-6-11-7(5-13-6)3-4-10-8(12)9-2/h5H,3-4H2,1-2H3,(H2,9,10,12). The Hall–Kier alpha value is -0.680. The van der Waals surface area contributed by atoms with Crippen molar-refractivity contribution in [2.24, 2.45) is 0 Å². The van der Waals surface area contributed by atoms with Crippen LogP contribution in [0.3, 0.4) is 0 Å². The zero-order valence-electron chi connectivity index (χ0n) is 7.76. The highest BCUT2D eigenvalue weighted by Gasteiger charge is 1.97. The fourth-order valence-corrected chi connectivity index (χ4v) is 1.66. The molecule has 1 aromatic rings. The zero-order valence-corrected chi connectivity index (χ0v) is 9.39. The van der Waals surface area contributed by atoms with E-state index >= 15 is 0 Å². The van der Waals surface area contributed by atoms with E-state index in [0.717, 1.165) is 23.7 Å². The van der Waals surface area contributed by atoms with Crippen LogP contribution in [0.1, 0.15) is 10.7 Å². The Kier molecular flexibility index (Phi) is 4.11. The summed E-state index contributed by atoms with van der Waals surface area (Å²) in [5.74, 6) is 0. The summed E-state index contributed by atoms with van der Waals surface area (Å²) in [4.78, 5) is 4.35. The lowest BCUT2D eigenvalue weighted by molar-refractivity contribution is 0.833. The van der Waals surface area contributed by atoms with Crippen molar-refractivity contribution in [1.82, 2.24) is 15.6 Å². The van der Waals surface area contributed by atoms with Crippen LogP contribution >= 0.6 is 23.6 Å². The maximum atomic E-state index is 4.94. The van der Waals surface area contributed by atoms with Crippen molar-refractivity contribution in [3.8, 4) is 0 Å². The molecule has 0 saturated heterocycles. The molecule has 5 heteroatoms. The Morgan fingerprint density at radius 3 is 3.00 bits per heavy atom. The minimum absolute atomic E-state index is 0.687. The van der Waals surface area contributed by atoms with Gasteiger partial charge in [-0.3, -0.25) is 0 Å². The third kappa shape index (κ3) is 3.69. The summed E-state index contributed by atoms with van der Waals surface area (Å²) in [6, 6.07) is 0. The molecule has 0 unspecified atom stereocenters. The van der Waals surface area contributed by atoms with E-state index in [-0.39, 0.29) is 0 Å². The molecule has 0 spiro atoms. The number of aromatic nitrogens is 1. The summed E-state index contributed by atoms with van der Waals surface area (Å²) < 4.78 is 0. The smallest absolute Gasteiger partial charge is 0.166 e. The van der Waals surface area contributed by atoms with Crippen molar-refractivity contribution in [2.45, 2.75) is 13.3 Å². The molecule has 0 saturated carbocycles. The van der Waals surface area contributed by atoms with E-state index in [1.54, 1.807) is 11.3 Å². The maximum absolute atomic E-state index is 4.94. The Labute approximate surface area is 87.6 Å². The van der Waals surface area contributed by atoms with Gasteiger partial charge < -0.3 is 10.6 Å². The molecule has 72 valence electrons. The quantitative estimate of drug-likeness (QED) is 0.740. The van der Waals surface area contributed by atoms with Crippen LogP contribution in [-0.4, -0.2) is 23.7 Å². The first kappa shape index (κ1) is 10.4. The van der Waals surface area contributed by atoms with E-state index in [0.29, 0.717) is 5.11 Å². The van der Waals surface area contributed by atoms with Gasteiger partial charge in [-0.05, 0) is 19.1 Å². The minimum Gasteiger partial charge on any atom is -0.366 e. The van der Waals surface area contributed by atoms with Gasteiger partial charge in [0.1, 0.15) is 0 Å². The lowest BCUT2D eigenvalue weighted by atomic mass is 10.3. The number of thiazole rings is 1. The molecule has 0 aliphatic carbocycles. The van der Waals surface area contributed by atoms with Crippen molar-refractivity contribution in [3.05, 3.63) is 16.1 Å². The number of rotatable bonds is 3. The van der Waals surface area contributed by atoms with Crippen molar-refractivity contribution in [2.75, 3.05) is 13.6 Å². The Morgan fingerprint density at radius 2 is 2.46 bits per heavy atom. The van der Waals surface area contributed by atoms with Gasteiger partial charge in [0.15, 0.2) is 5.11 Å². The van der Waals surface area contributed by atoms with Crippen molar-refractivity contribution in [1.29, 1.82) is 0 Å². The highest BCUT2D eigenvalue weighted by atomic mass is 32.1. The van der Waals surface area contributed by atoms with E-state index in [1.165, 1.54) is 0 Å². The fourth-order valence-electron chi connectivity index (χ4n) is 0.916. The molecule has 0 radical (unpaired) electrons. The highest BCUT2D eigenvalue weighted by Crippen LogP contribution is 2.07. The first-order valence-electron chi connectivity index (χ1n) is 4.09. The third-order valence-electron chi connectivity index (χ3n) is 1.56. The van der Waals surface area contributed by atoms with Gasteiger partial charge in [-0.25, -0.2) is 4.98 Å². The molecule has 2 N–H and O–H groups in total. The van der Waals surface area contributed by atoms with Gasteiger partial charge in [-0.1, -0.05) is 0 Å². The normalized spacial score (nSPS) is 9.69. The monoisotopic (exact) mass is 215 g/mol. The first-order valence-corrected chi connectivity index (χ1v) is 5.37. The lowest BCUT2D eigenvalue weighted by Crippen LogP contribution is -2.33. The largest absolute Gasteiger partial charge is 0.366 e. The van der Waals surface area contributed by atoms with Crippen LogP contribution in [0, 0.1) is 6.92 Å². The lowest BCUT2D eigenvalue weighted by Gasteiger charge is -2.04. The molecular formula is C8H13N3S2. The topological polar surface area (TPSA) is 37.0 Å². The van der Waals surface area contributed by atoms with Gasteiger partial charge in [0, 0.05) is 25.4 Å². The van der Waals surface area contributed by atoms with Crippen LogP contribution in [0.2, 0.25) is 0 Å². The fraction of sp³-hybridized carbons (Fsp3) is 0.500. The predicted molar refractivity (Wildman–Crippen MR) is 60.2 cm³/mol. The second-order valence-electron chi connectivity index (χ2n) is 2.61. The average molecular weight is 215 g/mol. The van der Waals surface area contributed by atoms with E-state index in [9.17, 15) is 0 Å². The molecule has 0 fully saturated rings. The summed E-state index contributed by atoms with van der Waals surface area (Å²) >= 11 is 6.62. The summed E-state index contributed by atoms with van der Waals surface area (Å²) in [6.07, 6.45) is 0.923. The Morgan fingerprint density at radius 1 is 1.69 bits per heavy atom. The first-order chi connectivity index (χ1) is 6.22. The van der Waals surface area contributed by atoms with Gasteiger partial charge in [0.2, 0.25) is 0 Å². The molecule has 0 aliphatic rings. The molecule has 0 atom stereocenters. The van der Waals surface area contributed by atoms with Gasteiger partial charge >= 0.3 is 0 Å². The average Bonchev–Trinajstić information content (AvgIpc) is 2.51. The van der Waals surface area contributed by atoms with Crippen molar-refractivity contribution in [3.63, 3.8) is 0 Å².